The van der Waals surface area contributed by atoms with Gasteiger partial charge in [0.1, 0.15) is 0 Å². The summed E-state index contributed by atoms with van der Waals surface area (Å²) in [6, 6.07) is 0.503. The number of nitrogen functional groups attached to an aromatic ring is 1. The van der Waals surface area contributed by atoms with Crippen LogP contribution in [0.3, 0.4) is 0 Å². The van der Waals surface area contributed by atoms with Crippen molar-refractivity contribution in [3.05, 3.63) is 11.4 Å². The van der Waals surface area contributed by atoms with Gasteiger partial charge in [-0.15, -0.1) is 0 Å². The first-order valence-electron chi connectivity index (χ1n) is 10.7. The van der Waals surface area contributed by atoms with Crippen LogP contribution >= 0.6 is 0 Å². The molecule has 3 rings (SSSR count). The number of hydrogen-bond acceptors (Lipinski definition) is 6. The Morgan fingerprint density at radius 1 is 1.11 bits per heavy atom. The van der Waals surface area contributed by atoms with Crippen molar-refractivity contribution >= 4 is 11.6 Å². The average Bonchev–Trinajstić information content (AvgIpc) is 2.71. The van der Waals surface area contributed by atoms with Crippen molar-refractivity contribution in [2.75, 3.05) is 39.0 Å². The van der Waals surface area contributed by atoms with Gasteiger partial charge in [-0.1, -0.05) is 19.3 Å². The van der Waals surface area contributed by atoms with Crippen molar-refractivity contribution in [2.45, 2.75) is 64.8 Å². The van der Waals surface area contributed by atoms with Crippen molar-refractivity contribution in [1.29, 1.82) is 0 Å². The van der Waals surface area contributed by atoms with Crippen molar-refractivity contribution in [1.82, 2.24) is 19.8 Å². The molecule has 1 amide bonds. The second-order valence-electron chi connectivity index (χ2n) is 8.42. The maximum absolute atomic E-state index is 12.6. The van der Waals surface area contributed by atoms with Crippen LogP contribution in [0.2, 0.25) is 0 Å². The summed E-state index contributed by atoms with van der Waals surface area (Å²) in [5, 5.41) is 0. The number of ether oxygens (including phenoxy) is 1. The van der Waals surface area contributed by atoms with Gasteiger partial charge in [-0.05, 0) is 45.4 Å². The van der Waals surface area contributed by atoms with E-state index in [2.05, 4.69) is 14.9 Å². The highest BCUT2D eigenvalue weighted by molar-refractivity contribution is 5.77. The van der Waals surface area contributed by atoms with E-state index in [-0.39, 0.29) is 24.6 Å². The maximum atomic E-state index is 12.6. The van der Waals surface area contributed by atoms with Crippen LogP contribution in [0.15, 0.2) is 0 Å². The lowest BCUT2D eigenvalue weighted by atomic mass is 9.88. The minimum atomic E-state index is -0.0401. The Bertz CT molecular complexity index is 644. The molecular weight excluding hydrogens is 354 g/mol. The Labute approximate surface area is 168 Å². The van der Waals surface area contributed by atoms with Gasteiger partial charge in [-0.25, -0.2) is 0 Å². The van der Waals surface area contributed by atoms with Gasteiger partial charge in [0.05, 0.1) is 17.1 Å². The van der Waals surface area contributed by atoms with Gasteiger partial charge in [-0.3, -0.25) is 4.79 Å². The van der Waals surface area contributed by atoms with E-state index >= 15 is 0 Å². The largest absolute Gasteiger partial charge is 0.453 e. The summed E-state index contributed by atoms with van der Waals surface area (Å²) in [5.74, 6) is 0.853. The fourth-order valence-electron chi connectivity index (χ4n) is 4.41. The highest BCUT2D eigenvalue weighted by atomic mass is 16.5. The molecule has 0 unspecified atom stereocenters. The van der Waals surface area contributed by atoms with Crippen molar-refractivity contribution in [2.24, 2.45) is 5.92 Å². The number of piperidine rings is 1. The molecule has 1 saturated carbocycles. The van der Waals surface area contributed by atoms with E-state index in [1.807, 2.05) is 25.8 Å². The molecule has 0 spiro atoms. The maximum Gasteiger partial charge on any atom is 0.317 e. The molecule has 0 aromatic carbocycles. The number of aromatic nitrogens is 2. The lowest BCUT2D eigenvalue weighted by molar-refractivity contribution is -0.135. The molecule has 2 heterocycles. The number of carbonyl (C=O) groups excluding carboxylic acids is 1. The summed E-state index contributed by atoms with van der Waals surface area (Å²) in [6.45, 7) is 6.98. The molecule has 7 nitrogen and oxygen atoms in total. The molecule has 1 aromatic rings. The molecule has 2 fully saturated rings. The SMILES string of the molecule is Cc1nc(OCC(=O)N(C)C2CCN(CC3CCCCC3)CC2)nc(C)c1N. The van der Waals surface area contributed by atoms with E-state index in [9.17, 15) is 4.79 Å². The third-order valence-corrected chi connectivity index (χ3v) is 6.37. The third-order valence-electron chi connectivity index (χ3n) is 6.37. The predicted molar refractivity (Wildman–Crippen MR) is 110 cm³/mol. The van der Waals surface area contributed by atoms with E-state index < -0.39 is 0 Å². The molecule has 2 N–H and O–H groups in total. The van der Waals surface area contributed by atoms with E-state index in [0.29, 0.717) is 17.1 Å². The van der Waals surface area contributed by atoms with E-state index in [0.717, 1.165) is 31.8 Å². The molecule has 1 aromatic heterocycles. The topological polar surface area (TPSA) is 84.6 Å². The van der Waals surface area contributed by atoms with Gasteiger partial charge in [0, 0.05) is 32.7 Å². The Hall–Kier alpha value is -1.89. The Balaban J connectivity index is 1.42. The molecule has 28 heavy (non-hydrogen) atoms. The number of likely N-dealkylation sites (N-methyl/N-ethyl adjacent to an activating group) is 1. The summed E-state index contributed by atoms with van der Waals surface area (Å²) in [4.78, 5) is 25.4. The molecule has 156 valence electrons. The van der Waals surface area contributed by atoms with E-state index in [1.54, 1.807) is 0 Å². The fourth-order valence-corrected chi connectivity index (χ4v) is 4.41. The molecule has 1 aliphatic carbocycles. The van der Waals surface area contributed by atoms with Gasteiger partial charge >= 0.3 is 6.01 Å². The molecule has 1 aliphatic heterocycles. The van der Waals surface area contributed by atoms with E-state index in [1.165, 1.54) is 38.6 Å². The summed E-state index contributed by atoms with van der Waals surface area (Å²) in [6.07, 6.45) is 9.05. The van der Waals surface area contributed by atoms with Crippen LogP contribution in [0.25, 0.3) is 0 Å². The van der Waals surface area contributed by atoms with Gasteiger partial charge in [0.2, 0.25) is 0 Å². The lowest BCUT2D eigenvalue weighted by Gasteiger charge is -2.38. The first-order chi connectivity index (χ1) is 13.4. The number of anilines is 1. The number of carbonyl (C=O) groups is 1. The highest BCUT2D eigenvalue weighted by Gasteiger charge is 2.27. The molecule has 0 bridgehead atoms. The number of nitrogens with two attached hydrogens (primary N) is 1. The third kappa shape index (κ3) is 5.34. The van der Waals surface area contributed by atoms with Gasteiger partial charge < -0.3 is 20.3 Å². The Kier molecular flexibility index (Phi) is 7.10. The number of nitrogens with zero attached hydrogens (tertiary/aromatic N) is 4. The quantitative estimate of drug-likeness (QED) is 0.805. The van der Waals surface area contributed by atoms with E-state index in [4.69, 9.17) is 10.5 Å². The van der Waals surface area contributed by atoms with Crippen molar-refractivity contribution in [3.63, 3.8) is 0 Å². The zero-order chi connectivity index (χ0) is 20.1. The monoisotopic (exact) mass is 389 g/mol. The smallest absolute Gasteiger partial charge is 0.317 e. The summed E-state index contributed by atoms with van der Waals surface area (Å²) >= 11 is 0. The normalized spacial score (nSPS) is 19.5. The summed E-state index contributed by atoms with van der Waals surface area (Å²) < 4.78 is 5.54. The van der Waals surface area contributed by atoms with Crippen molar-refractivity contribution in [3.8, 4) is 6.01 Å². The first kappa shape index (κ1) is 20.8. The zero-order valence-corrected chi connectivity index (χ0v) is 17.6. The lowest BCUT2D eigenvalue weighted by Crippen LogP contribution is -2.47. The number of likely N-dealkylation sites (tertiary alicyclic amines) is 1. The first-order valence-corrected chi connectivity index (χ1v) is 10.7. The molecule has 2 aliphatic rings. The molecule has 1 saturated heterocycles. The summed E-state index contributed by atoms with van der Waals surface area (Å²) in [5.41, 5.74) is 7.78. The number of rotatable bonds is 6. The Morgan fingerprint density at radius 3 is 2.32 bits per heavy atom. The molecule has 0 radical (unpaired) electrons. The molecule has 7 heteroatoms. The Morgan fingerprint density at radius 2 is 1.71 bits per heavy atom. The number of amides is 1. The number of hydrogen-bond donors (Lipinski definition) is 1. The highest BCUT2D eigenvalue weighted by Crippen LogP contribution is 2.26. The second-order valence-corrected chi connectivity index (χ2v) is 8.42. The van der Waals surface area contributed by atoms with Crippen LogP contribution in [0, 0.1) is 19.8 Å². The predicted octanol–water partition coefficient (Wildman–Crippen LogP) is 2.56. The van der Waals surface area contributed by atoms with Gasteiger partial charge in [0.15, 0.2) is 6.61 Å². The van der Waals surface area contributed by atoms with Crippen molar-refractivity contribution < 1.29 is 9.53 Å². The average molecular weight is 390 g/mol. The molecule has 0 atom stereocenters. The van der Waals surface area contributed by atoms with Gasteiger partial charge in [-0.2, -0.15) is 9.97 Å². The number of aryl methyl sites for hydroxylation is 2. The zero-order valence-electron chi connectivity index (χ0n) is 17.6. The minimum Gasteiger partial charge on any atom is -0.453 e. The summed E-state index contributed by atoms with van der Waals surface area (Å²) in [7, 11) is 1.88. The van der Waals surface area contributed by atoms with Crippen LogP contribution in [0.1, 0.15) is 56.3 Å². The fraction of sp³-hybridized carbons (Fsp3) is 0.762. The molecular formula is C21H35N5O2. The van der Waals surface area contributed by atoms with Crippen LogP contribution in [-0.2, 0) is 4.79 Å². The standard InChI is InChI=1S/C21H35N5O2/c1-15-20(22)16(2)24-21(23-15)28-14-19(27)25(3)18-9-11-26(12-10-18)13-17-7-5-4-6-8-17/h17-18H,4-14,22H2,1-3H3. The van der Waals surface area contributed by atoms with Crippen LogP contribution in [0.5, 0.6) is 6.01 Å². The minimum absolute atomic E-state index is 0.0264. The van der Waals surface area contributed by atoms with Gasteiger partial charge in [0.25, 0.3) is 5.91 Å². The second kappa shape index (κ2) is 9.54. The van der Waals surface area contributed by atoms with Crippen LogP contribution < -0.4 is 10.5 Å². The van der Waals surface area contributed by atoms with Crippen LogP contribution in [-0.4, -0.2) is 65.0 Å². The van der Waals surface area contributed by atoms with Crippen LogP contribution in [0.4, 0.5) is 5.69 Å².